The molecular formula is C22H22ClN3OS. The third-order valence-electron chi connectivity index (χ3n) is 5.19. The highest BCUT2D eigenvalue weighted by Crippen LogP contribution is 2.28. The second kappa shape index (κ2) is 8.41. The lowest BCUT2D eigenvalue weighted by molar-refractivity contribution is 0.0710. The lowest BCUT2D eigenvalue weighted by atomic mass is 9.93. The molecule has 0 radical (unpaired) electrons. The SMILES string of the molecule is Cc1ncsc1C(=O)N1CCC[C@@H](c2cccc(Cc3ccc(Cl)cc3)n2)C1. The van der Waals surface area contributed by atoms with Crippen LogP contribution in [0.5, 0.6) is 0 Å². The number of aromatic nitrogens is 2. The van der Waals surface area contributed by atoms with Gasteiger partial charge >= 0.3 is 0 Å². The van der Waals surface area contributed by atoms with Gasteiger partial charge in [-0.15, -0.1) is 11.3 Å². The molecule has 1 aliphatic heterocycles. The van der Waals surface area contributed by atoms with Crippen molar-refractivity contribution in [2.24, 2.45) is 0 Å². The van der Waals surface area contributed by atoms with Crippen molar-refractivity contribution >= 4 is 28.8 Å². The Morgan fingerprint density at radius 2 is 2.07 bits per heavy atom. The maximum Gasteiger partial charge on any atom is 0.265 e. The Hall–Kier alpha value is -2.24. The first-order valence-corrected chi connectivity index (χ1v) is 10.8. The van der Waals surface area contributed by atoms with Crippen LogP contribution in [0.15, 0.2) is 48.0 Å². The summed E-state index contributed by atoms with van der Waals surface area (Å²) < 4.78 is 0. The zero-order valence-corrected chi connectivity index (χ0v) is 17.3. The summed E-state index contributed by atoms with van der Waals surface area (Å²) in [7, 11) is 0. The Bertz CT molecular complexity index is 970. The highest BCUT2D eigenvalue weighted by molar-refractivity contribution is 7.11. The van der Waals surface area contributed by atoms with E-state index in [0.717, 1.165) is 52.8 Å². The molecule has 6 heteroatoms. The van der Waals surface area contributed by atoms with Crippen LogP contribution in [-0.2, 0) is 6.42 Å². The third kappa shape index (κ3) is 4.26. The van der Waals surface area contributed by atoms with Crippen LogP contribution in [0.2, 0.25) is 5.02 Å². The van der Waals surface area contributed by atoms with Gasteiger partial charge in [0.15, 0.2) is 0 Å². The molecule has 0 bridgehead atoms. The number of likely N-dealkylation sites (tertiary alicyclic amines) is 1. The molecular weight excluding hydrogens is 390 g/mol. The van der Waals surface area contributed by atoms with Crippen LogP contribution in [0, 0.1) is 6.92 Å². The molecule has 28 heavy (non-hydrogen) atoms. The van der Waals surface area contributed by atoms with Gasteiger partial charge in [-0.3, -0.25) is 9.78 Å². The molecule has 1 amide bonds. The predicted molar refractivity (Wildman–Crippen MR) is 113 cm³/mol. The monoisotopic (exact) mass is 411 g/mol. The molecule has 0 saturated carbocycles. The van der Waals surface area contributed by atoms with Crippen LogP contribution >= 0.6 is 22.9 Å². The molecule has 144 valence electrons. The fourth-order valence-corrected chi connectivity index (χ4v) is 4.58. The average Bonchev–Trinajstić information content (AvgIpc) is 3.15. The predicted octanol–water partition coefficient (Wildman–Crippen LogP) is 5.11. The number of aryl methyl sites for hydroxylation is 1. The number of halogens is 1. The van der Waals surface area contributed by atoms with Gasteiger partial charge < -0.3 is 4.90 Å². The van der Waals surface area contributed by atoms with Gasteiger partial charge in [0.25, 0.3) is 5.91 Å². The summed E-state index contributed by atoms with van der Waals surface area (Å²) >= 11 is 7.40. The van der Waals surface area contributed by atoms with Crippen LogP contribution in [-0.4, -0.2) is 33.9 Å². The van der Waals surface area contributed by atoms with Crippen LogP contribution < -0.4 is 0 Å². The van der Waals surface area contributed by atoms with Gasteiger partial charge in [0.05, 0.1) is 11.2 Å². The van der Waals surface area contributed by atoms with E-state index < -0.39 is 0 Å². The number of benzene rings is 1. The van der Waals surface area contributed by atoms with E-state index in [1.165, 1.54) is 16.9 Å². The largest absolute Gasteiger partial charge is 0.337 e. The number of hydrogen-bond donors (Lipinski definition) is 0. The van der Waals surface area contributed by atoms with Crippen LogP contribution in [0.4, 0.5) is 0 Å². The van der Waals surface area contributed by atoms with Crippen molar-refractivity contribution < 1.29 is 4.79 Å². The minimum atomic E-state index is 0.0991. The minimum absolute atomic E-state index is 0.0991. The molecule has 2 aromatic heterocycles. The van der Waals surface area contributed by atoms with E-state index in [2.05, 4.69) is 23.2 Å². The van der Waals surface area contributed by atoms with Crippen molar-refractivity contribution in [2.45, 2.75) is 32.1 Å². The Kier molecular flexibility index (Phi) is 5.74. The zero-order chi connectivity index (χ0) is 19.5. The van der Waals surface area contributed by atoms with E-state index in [-0.39, 0.29) is 11.8 Å². The van der Waals surface area contributed by atoms with Crippen molar-refractivity contribution in [2.75, 3.05) is 13.1 Å². The average molecular weight is 412 g/mol. The van der Waals surface area contributed by atoms with E-state index >= 15 is 0 Å². The Morgan fingerprint density at radius 3 is 2.82 bits per heavy atom. The standard InChI is InChI=1S/C22H22ClN3OS/c1-15-21(28-14-24-15)22(27)26-11-3-4-17(13-26)20-6-2-5-19(25-20)12-16-7-9-18(23)10-8-16/h2,5-10,14,17H,3-4,11-13H2,1H3/t17-/m1/s1. The normalized spacial score (nSPS) is 16.9. The van der Waals surface area contributed by atoms with Crippen molar-refractivity contribution in [3.63, 3.8) is 0 Å². The highest BCUT2D eigenvalue weighted by atomic mass is 35.5. The molecule has 0 N–H and O–H groups in total. The molecule has 1 aromatic carbocycles. The molecule has 0 unspecified atom stereocenters. The van der Waals surface area contributed by atoms with Crippen molar-refractivity contribution in [3.8, 4) is 0 Å². The maximum absolute atomic E-state index is 12.9. The molecule has 3 heterocycles. The van der Waals surface area contributed by atoms with Gasteiger partial charge in [-0.1, -0.05) is 29.8 Å². The lowest BCUT2D eigenvalue weighted by Crippen LogP contribution is -2.39. The smallest absolute Gasteiger partial charge is 0.265 e. The molecule has 4 rings (SSSR count). The van der Waals surface area contributed by atoms with Crippen LogP contribution in [0.25, 0.3) is 0 Å². The van der Waals surface area contributed by atoms with Gasteiger partial charge in [0.2, 0.25) is 0 Å². The summed E-state index contributed by atoms with van der Waals surface area (Å²) in [5.41, 5.74) is 5.87. The molecule has 0 spiro atoms. The number of piperidine rings is 1. The number of rotatable bonds is 4. The van der Waals surface area contributed by atoms with Gasteiger partial charge in [0.1, 0.15) is 4.88 Å². The topological polar surface area (TPSA) is 46.1 Å². The molecule has 1 fully saturated rings. The van der Waals surface area contributed by atoms with Crippen LogP contribution in [0.1, 0.15) is 51.1 Å². The third-order valence-corrected chi connectivity index (χ3v) is 6.36. The number of amides is 1. The molecule has 1 atom stereocenters. The van der Waals surface area contributed by atoms with Crippen molar-refractivity contribution in [1.82, 2.24) is 14.9 Å². The first kappa shape index (κ1) is 19.1. The van der Waals surface area contributed by atoms with Crippen molar-refractivity contribution in [3.05, 3.63) is 80.5 Å². The zero-order valence-electron chi connectivity index (χ0n) is 15.8. The fourth-order valence-electron chi connectivity index (χ4n) is 3.69. The van der Waals surface area contributed by atoms with E-state index in [0.29, 0.717) is 6.54 Å². The quantitative estimate of drug-likeness (QED) is 0.599. The second-order valence-electron chi connectivity index (χ2n) is 7.21. The Morgan fingerprint density at radius 1 is 1.25 bits per heavy atom. The van der Waals surface area contributed by atoms with E-state index in [1.807, 2.05) is 36.1 Å². The molecule has 1 aliphatic rings. The fraction of sp³-hybridized carbons (Fsp3) is 0.318. The van der Waals surface area contributed by atoms with Crippen LogP contribution in [0.3, 0.4) is 0 Å². The van der Waals surface area contributed by atoms with E-state index in [9.17, 15) is 4.79 Å². The van der Waals surface area contributed by atoms with E-state index in [1.54, 1.807) is 5.51 Å². The Balaban J connectivity index is 1.48. The minimum Gasteiger partial charge on any atom is -0.337 e. The van der Waals surface area contributed by atoms with Gasteiger partial charge in [-0.2, -0.15) is 0 Å². The summed E-state index contributed by atoms with van der Waals surface area (Å²) in [6, 6.07) is 14.1. The molecule has 0 aliphatic carbocycles. The number of pyridine rings is 1. The Labute approximate surface area is 174 Å². The molecule has 4 nitrogen and oxygen atoms in total. The second-order valence-corrected chi connectivity index (χ2v) is 8.51. The summed E-state index contributed by atoms with van der Waals surface area (Å²) in [6.07, 6.45) is 2.83. The molecule has 1 saturated heterocycles. The summed E-state index contributed by atoms with van der Waals surface area (Å²) in [6.45, 7) is 3.41. The van der Waals surface area contributed by atoms with Gasteiger partial charge in [-0.25, -0.2) is 4.98 Å². The van der Waals surface area contributed by atoms with Gasteiger partial charge in [0, 0.05) is 41.8 Å². The lowest BCUT2D eigenvalue weighted by Gasteiger charge is -2.32. The first-order chi connectivity index (χ1) is 13.6. The van der Waals surface area contributed by atoms with Gasteiger partial charge in [-0.05, 0) is 49.6 Å². The highest BCUT2D eigenvalue weighted by Gasteiger charge is 2.28. The number of thiazole rings is 1. The number of hydrogen-bond acceptors (Lipinski definition) is 4. The summed E-state index contributed by atoms with van der Waals surface area (Å²) in [5, 5.41) is 0.744. The molecule has 3 aromatic rings. The first-order valence-electron chi connectivity index (χ1n) is 9.50. The summed E-state index contributed by atoms with van der Waals surface area (Å²) in [5.74, 6) is 0.373. The maximum atomic E-state index is 12.9. The number of nitrogens with zero attached hydrogens (tertiary/aromatic N) is 3. The van der Waals surface area contributed by atoms with Crippen molar-refractivity contribution in [1.29, 1.82) is 0 Å². The number of carbonyl (C=O) groups excluding carboxylic acids is 1. The summed E-state index contributed by atoms with van der Waals surface area (Å²) in [4.78, 5) is 24.7. The van der Waals surface area contributed by atoms with E-state index in [4.69, 9.17) is 16.6 Å². The number of carbonyl (C=O) groups is 1.